The largest absolute Gasteiger partial charge is 0.371 e. The fourth-order valence-corrected chi connectivity index (χ4v) is 1.21. The van der Waals surface area contributed by atoms with E-state index in [0.717, 1.165) is 12.1 Å². The number of Topliss-reactive ketones (excluding diaryl/α,β-unsaturated/α-hetero) is 1. The smallest absolute Gasteiger partial charge is 0.163 e. The molecule has 0 aromatic heterocycles. The molecule has 0 saturated heterocycles. The van der Waals surface area contributed by atoms with E-state index in [0.29, 0.717) is 0 Å². The van der Waals surface area contributed by atoms with Gasteiger partial charge in [-0.25, -0.2) is 8.78 Å². The summed E-state index contributed by atoms with van der Waals surface area (Å²) >= 11 is 0. The lowest BCUT2D eigenvalue weighted by molar-refractivity contribution is -0.124. The van der Waals surface area contributed by atoms with Gasteiger partial charge in [0.2, 0.25) is 0 Å². The third-order valence-corrected chi connectivity index (χ3v) is 2.01. The minimum atomic E-state index is -0.696. The number of hydrogen-bond acceptors (Lipinski definition) is 2. The molecule has 2 nitrogen and oxygen atoms in total. The van der Waals surface area contributed by atoms with Gasteiger partial charge in [0.05, 0.1) is 6.10 Å². The van der Waals surface area contributed by atoms with Crippen LogP contribution in [-0.2, 0) is 16.0 Å². The van der Waals surface area contributed by atoms with Crippen LogP contribution in [0.2, 0.25) is 0 Å². The molecule has 16 heavy (non-hydrogen) atoms. The summed E-state index contributed by atoms with van der Waals surface area (Å²) in [5.41, 5.74) is -0.195. The van der Waals surface area contributed by atoms with Crippen LogP contribution in [0.25, 0.3) is 0 Å². The first-order valence-corrected chi connectivity index (χ1v) is 5.07. The summed E-state index contributed by atoms with van der Waals surface area (Å²) in [4.78, 5) is 11.4. The summed E-state index contributed by atoms with van der Waals surface area (Å²) < 4.78 is 31.4. The second kappa shape index (κ2) is 5.70. The highest BCUT2D eigenvalue weighted by atomic mass is 19.1. The molecule has 1 aromatic carbocycles. The van der Waals surface area contributed by atoms with Crippen molar-refractivity contribution in [3.63, 3.8) is 0 Å². The molecule has 0 aliphatic heterocycles. The van der Waals surface area contributed by atoms with Crippen LogP contribution in [0.4, 0.5) is 8.78 Å². The van der Waals surface area contributed by atoms with Crippen molar-refractivity contribution in [3.8, 4) is 0 Å². The lowest BCUT2D eigenvalue weighted by Gasteiger charge is -2.07. The number of hydrogen-bond donors (Lipinski definition) is 0. The van der Waals surface area contributed by atoms with Gasteiger partial charge in [-0.3, -0.25) is 4.79 Å². The van der Waals surface area contributed by atoms with Crippen LogP contribution in [-0.4, -0.2) is 18.5 Å². The van der Waals surface area contributed by atoms with E-state index >= 15 is 0 Å². The first-order chi connectivity index (χ1) is 7.50. The Bertz CT molecular complexity index is 355. The molecule has 0 saturated carbocycles. The van der Waals surface area contributed by atoms with Crippen molar-refractivity contribution < 1.29 is 18.3 Å². The Hall–Kier alpha value is -1.29. The normalized spacial score (nSPS) is 10.8. The molecule has 0 fully saturated rings. The lowest BCUT2D eigenvalue weighted by Crippen LogP contribution is -2.16. The minimum absolute atomic E-state index is 0.0746. The number of benzene rings is 1. The molecule has 0 atom stereocenters. The molecule has 4 heteroatoms. The molecule has 0 aliphatic carbocycles. The first-order valence-electron chi connectivity index (χ1n) is 5.07. The number of halogens is 2. The zero-order valence-electron chi connectivity index (χ0n) is 9.30. The van der Waals surface area contributed by atoms with Gasteiger partial charge in [0.25, 0.3) is 0 Å². The van der Waals surface area contributed by atoms with Gasteiger partial charge >= 0.3 is 0 Å². The molecule has 0 unspecified atom stereocenters. The average Bonchev–Trinajstić information content (AvgIpc) is 2.21. The zero-order chi connectivity index (χ0) is 12.1. The van der Waals surface area contributed by atoms with Gasteiger partial charge in [-0.1, -0.05) is 6.07 Å². The molecule has 1 aromatic rings. The maximum Gasteiger partial charge on any atom is 0.163 e. The molecule has 0 spiro atoms. The summed E-state index contributed by atoms with van der Waals surface area (Å²) in [6.07, 6.45) is -0.347. The third-order valence-electron chi connectivity index (χ3n) is 2.01. The Morgan fingerprint density at radius 3 is 2.38 bits per heavy atom. The second-order valence-electron chi connectivity index (χ2n) is 3.78. The Morgan fingerprint density at radius 2 is 1.88 bits per heavy atom. The van der Waals surface area contributed by atoms with Crippen LogP contribution < -0.4 is 0 Å². The van der Waals surface area contributed by atoms with Crippen LogP contribution in [0, 0.1) is 11.6 Å². The van der Waals surface area contributed by atoms with Crippen molar-refractivity contribution >= 4 is 5.78 Å². The Labute approximate surface area is 93.2 Å². The minimum Gasteiger partial charge on any atom is -0.371 e. The highest BCUT2D eigenvalue weighted by Gasteiger charge is 2.13. The predicted octanol–water partition coefficient (Wildman–Crippen LogP) is 2.50. The standard InChI is InChI=1S/C12H14F2O2/c1-8(2)16-7-9(15)6-10-11(13)4-3-5-12(10)14/h3-5,8H,6-7H2,1-2H3. The number of carbonyl (C=O) groups is 1. The fourth-order valence-electron chi connectivity index (χ4n) is 1.21. The van der Waals surface area contributed by atoms with Crippen molar-refractivity contribution in [2.45, 2.75) is 26.4 Å². The summed E-state index contributed by atoms with van der Waals surface area (Å²) in [6.45, 7) is 3.46. The molecule has 0 N–H and O–H groups in total. The topological polar surface area (TPSA) is 26.3 Å². The summed E-state index contributed by atoms with van der Waals surface area (Å²) in [5, 5.41) is 0. The quantitative estimate of drug-likeness (QED) is 0.774. The van der Waals surface area contributed by atoms with Gasteiger partial charge < -0.3 is 4.74 Å². The Balaban J connectivity index is 2.63. The van der Waals surface area contributed by atoms with Crippen LogP contribution in [0.3, 0.4) is 0 Å². The van der Waals surface area contributed by atoms with Gasteiger partial charge in [-0.05, 0) is 26.0 Å². The van der Waals surface area contributed by atoms with E-state index in [1.165, 1.54) is 6.07 Å². The molecule has 0 aliphatic rings. The highest BCUT2D eigenvalue weighted by molar-refractivity contribution is 5.82. The molecule has 0 heterocycles. The average molecular weight is 228 g/mol. The van der Waals surface area contributed by atoms with Crippen molar-refractivity contribution in [1.29, 1.82) is 0 Å². The van der Waals surface area contributed by atoms with E-state index < -0.39 is 11.6 Å². The van der Waals surface area contributed by atoms with E-state index in [2.05, 4.69) is 0 Å². The molecule has 0 amide bonds. The number of ether oxygens (including phenoxy) is 1. The SMILES string of the molecule is CC(C)OCC(=O)Cc1c(F)cccc1F. The first kappa shape index (κ1) is 12.8. The lowest BCUT2D eigenvalue weighted by atomic mass is 10.1. The van der Waals surface area contributed by atoms with E-state index in [9.17, 15) is 13.6 Å². The van der Waals surface area contributed by atoms with E-state index in [-0.39, 0.29) is 30.5 Å². The van der Waals surface area contributed by atoms with Crippen molar-refractivity contribution in [2.75, 3.05) is 6.61 Å². The van der Waals surface area contributed by atoms with E-state index in [1.807, 2.05) is 0 Å². The Kier molecular flexibility index (Phi) is 4.55. The number of rotatable bonds is 5. The maximum atomic E-state index is 13.2. The fraction of sp³-hybridized carbons (Fsp3) is 0.417. The van der Waals surface area contributed by atoms with Crippen molar-refractivity contribution in [1.82, 2.24) is 0 Å². The third kappa shape index (κ3) is 3.70. The second-order valence-corrected chi connectivity index (χ2v) is 3.78. The molecule has 0 radical (unpaired) electrons. The van der Waals surface area contributed by atoms with Gasteiger partial charge in [-0.2, -0.15) is 0 Å². The zero-order valence-corrected chi connectivity index (χ0v) is 9.30. The molecule has 88 valence electrons. The number of ketones is 1. The maximum absolute atomic E-state index is 13.2. The number of carbonyl (C=O) groups excluding carboxylic acids is 1. The van der Waals surface area contributed by atoms with E-state index in [1.54, 1.807) is 13.8 Å². The van der Waals surface area contributed by atoms with Crippen LogP contribution in [0.1, 0.15) is 19.4 Å². The predicted molar refractivity (Wildman–Crippen MR) is 56.2 cm³/mol. The molecular formula is C12H14F2O2. The van der Waals surface area contributed by atoms with Gasteiger partial charge in [0.1, 0.15) is 18.2 Å². The van der Waals surface area contributed by atoms with E-state index in [4.69, 9.17) is 4.74 Å². The summed E-state index contributed by atoms with van der Waals surface area (Å²) in [5.74, 6) is -1.73. The van der Waals surface area contributed by atoms with Crippen LogP contribution in [0.5, 0.6) is 0 Å². The Morgan fingerprint density at radius 1 is 1.31 bits per heavy atom. The summed E-state index contributed by atoms with van der Waals surface area (Å²) in [6, 6.07) is 3.53. The molecular weight excluding hydrogens is 214 g/mol. The molecule has 0 bridgehead atoms. The van der Waals surface area contributed by atoms with Gasteiger partial charge in [-0.15, -0.1) is 0 Å². The van der Waals surface area contributed by atoms with Gasteiger partial charge in [0.15, 0.2) is 5.78 Å². The van der Waals surface area contributed by atoms with Crippen molar-refractivity contribution in [3.05, 3.63) is 35.4 Å². The van der Waals surface area contributed by atoms with Crippen molar-refractivity contribution in [2.24, 2.45) is 0 Å². The van der Waals surface area contributed by atoms with Crippen LogP contribution >= 0.6 is 0 Å². The summed E-state index contributed by atoms with van der Waals surface area (Å²) in [7, 11) is 0. The van der Waals surface area contributed by atoms with Gasteiger partial charge in [0, 0.05) is 12.0 Å². The monoisotopic (exact) mass is 228 g/mol. The highest BCUT2D eigenvalue weighted by Crippen LogP contribution is 2.13. The molecule has 1 rings (SSSR count). The van der Waals surface area contributed by atoms with Crippen LogP contribution in [0.15, 0.2) is 18.2 Å².